The Balaban J connectivity index is 3.18. The molecule has 1 heteroatoms. The van der Waals surface area contributed by atoms with Crippen LogP contribution in [0.1, 0.15) is 271 Å². The quantitative estimate of drug-likeness (QED) is 0.0349. The van der Waals surface area contributed by atoms with Crippen molar-refractivity contribution in [3.05, 3.63) is 0 Å². The highest BCUT2D eigenvalue weighted by Gasteiger charge is 1.97. The normalized spacial score (nSPS) is 10.9. The fourth-order valence-electron chi connectivity index (χ4n) is 6.80. The molecule has 0 aliphatic rings. The number of rotatable bonds is 38. The Kier molecular flexibility index (Phi) is 45.1. The van der Waals surface area contributed by atoms with Crippen LogP contribution < -0.4 is 0 Å². The lowest BCUT2D eigenvalue weighted by molar-refractivity contribution is 0.524. The molecule has 0 fully saturated rings. The van der Waals surface area contributed by atoms with E-state index in [1.54, 1.807) is 0 Å². The van der Waals surface area contributed by atoms with Crippen LogP contribution in [-0.4, -0.2) is 0 Å². The molecule has 0 heterocycles. The van der Waals surface area contributed by atoms with Gasteiger partial charge in [0.1, 0.15) is 0 Å². The van der Waals surface area contributed by atoms with Crippen LogP contribution in [0.4, 0.5) is 0 Å². The molecular weight excluding hydrogens is 583 g/mol. The molecule has 47 heavy (non-hydrogen) atoms. The standard InChI is InChI=1S/C46H86P/c1-3-5-7-9-11-13-15-17-19-21-23-25-27-29-31-33-35-37-39-41-43-45-47-46-44-42-40-38-36-34-32-30-28-26-24-22-20-18-16-14-12-10-8-6-4-2/h3-42H2,1-2H3. The largest absolute Gasteiger partial charge is 0.0995 e. The topological polar surface area (TPSA) is 0 Å². The van der Waals surface area contributed by atoms with E-state index in [1.165, 1.54) is 244 Å². The Hall–Kier alpha value is -0.450. The van der Waals surface area contributed by atoms with Gasteiger partial charge in [0.05, 0.1) is 8.58 Å². The molecule has 0 spiro atoms. The fraction of sp³-hybridized carbons (Fsp3) is 0.913. The maximum absolute atomic E-state index is 3.34. The summed E-state index contributed by atoms with van der Waals surface area (Å²) in [5.41, 5.74) is 6.51. The summed E-state index contributed by atoms with van der Waals surface area (Å²) in [5, 5.41) is 0. The Morgan fingerprint density at radius 3 is 0.596 bits per heavy atom. The summed E-state index contributed by atoms with van der Waals surface area (Å²) in [7, 11) is 1.02. The van der Waals surface area contributed by atoms with Gasteiger partial charge < -0.3 is 0 Å². The zero-order valence-corrected chi connectivity index (χ0v) is 33.6. The van der Waals surface area contributed by atoms with Crippen LogP contribution in [0.2, 0.25) is 0 Å². The first-order chi connectivity index (χ1) is 23.4. The minimum absolute atomic E-state index is 1.02. The van der Waals surface area contributed by atoms with E-state index in [2.05, 4.69) is 37.0 Å². The molecule has 0 aromatic carbocycles. The minimum Gasteiger partial charge on any atom is -0.0972 e. The average Bonchev–Trinajstić information content (AvgIpc) is 3.08. The lowest BCUT2D eigenvalue weighted by Crippen LogP contribution is -1.84. The van der Waals surface area contributed by atoms with Crippen molar-refractivity contribution in [2.75, 3.05) is 0 Å². The monoisotopic (exact) mass is 670 g/mol. The molecule has 0 atom stereocenters. The molecule has 0 saturated heterocycles. The van der Waals surface area contributed by atoms with Gasteiger partial charge in [0.15, 0.2) is 0 Å². The van der Waals surface area contributed by atoms with Gasteiger partial charge in [-0.1, -0.05) is 268 Å². The number of hydrogen-bond acceptors (Lipinski definition) is 0. The molecule has 0 amide bonds. The molecule has 1 radical (unpaired) electrons. The predicted octanol–water partition coefficient (Wildman–Crippen LogP) is 17.5. The van der Waals surface area contributed by atoms with Crippen molar-refractivity contribution >= 4 is 8.58 Å². The van der Waals surface area contributed by atoms with E-state index in [4.69, 9.17) is 0 Å². The second-order valence-corrected chi connectivity index (χ2v) is 15.6. The summed E-state index contributed by atoms with van der Waals surface area (Å²) in [4.78, 5) is 0. The van der Waals surface area contributed by atoms with Gasteiger partial charge in [0.25, 0.3) is 0 Å². The highest BCUT2D eigenvalue weighted by Crippen LogP contribution is 2.17. The van der Waals surface area contributed by atoms with Crippen molar-refractivity contribution in [3.63, 3.8) is 0 Å². The van der Waals surface area contributed by atoms with E-state index in [0.29, 0.717) is 0 Å². The number of unbranched alkanes of at least 4 members (excludes halogenated alkanes) is 38. The first-order valence-corrected chi connectivity index (χ1v) is 23.0. The first-order valence-electron chi connectivity index (χ1n) is 22.1. The molecule has 0 bridgehead atoms. The highest BCUT2D eigenvalue weighted by molar-refractivity contribution is 7.49. The molecule has 0 rings (SSSR count). The van der Waals surface area contributed by atoms with Gasteiger partial charge in [-0.25, -0.2) is 0 Å². The molecule has 0 nitrogen and oxygen atoms in total. The third-order valence-electron chi connectivity index (χ3n) is 10.1. The van der Waals surface area contributed by atoms with Crippen LogP contribution in [-0.2, 0) is 0 Å². The van der Waals surface area contributed by atoms with Crippen molar-refractivity contribution in [2.45, 2.75) is 271 Å². The summed E-state index contributed by atoms with van der Waals surface area (Å²) >= 11 is 0. The summed E-state index contributed by atoms with van der Waals surface area (Å²) < 4.78 is 0. The molecular formula is C46H86P. The maximum atomic E-state index is 3.34. The van der Waals surface area contributed by atoms with E-state index >= 15 is 0 Å². The molecule has 0 aliphatic heterocycles. The van der Waals surface area contributed by atoms with E-state index in [0.717, 1.165) is 21.4 Å². The van der Waals surface area contributed by atoms with Crippen LogP contribution in [0.3, 0.4) is 0 Å². The highest BCUT2D eigenvalue weighted by atomic mass is 31.1. The summed E-state index contributed by atoms with van der Waals surface area (Å²) in [6.45, 7) is 4.61. The zero-order chi connectivity index (χ0) is 33.8. The Bertz CT molecular complexity index is 615. The fourth-order valence-corrected chi connectivity index (χ4v) is 7.24. The van der Waals surface area contributed by atoms with Crippen molar-refractivity contribution < 1.29 is 0 Å². The summed E-state index contributed by atoms with van der Waals surface area (Å²) in [6, 6.07) is 0. The van der Waals surface area contributed by atoms with E-state index in [9.17, 15) is 0 Å². The van der Waals surface area contributed by atoms with Crippen molar-refractivity contribution in [1.82, 2.24) is 0 Å². The lowest BCUT2D eigenvalue weighted by Gasteiger charge is -2.03. The van der Waals surface area contributed by atoms with Gasteiger partial charge >= 0.3 is 0 Å². The molecule has 0 unspecified atom stereocenters. The van der Waals surface area contributed by atoms with E-state index in [-0.39, 0.29) is 0 Å². The van der Waals surface area contributed by atoms with Gasteiger partial charge in [-0.3, -0.25) is 0 Å². The first kappa shape index (κ1) is 46.5. The minimum atomic E-state index is 1.02. The van der Waals surface area contributed by atoms with Gasteiger partial charge in [-0.2, -0.15) is 0 Å². The lowest BCUT2D eigenvalue weighted by atomic mass is 10.0. The summed E-state index contributed by atoms with van der Waals surface area (Å²) in [6.07, 6.45) is 56.8. The van der Waals surface area contributed by atoms with Crippen LogP contribution in [0.15, 0.2) is 0 Å². The second-order valence-electron chi connectivity index (χ2n) is 14.9. The molecule has 0 aromatic heterocycles. The Morgan fingerprint density at radius 2 is 0.404 bits per heavy atom. The summed E-state index contributed by atoms with van der Waals surface area (Å²) in [5.74, 6) is 6.68. The van der Waals surface area contributed by atoms with Gasteiger partial charge in [-0.15, -0.1) is 0 Å². The third kappa shape index (κ3) is 45.5. The van der Waals surface area contributed by atoms with Crippen molar-refractivity contribution in [2.24, 2.45) is 0 Å². The Morgan fingerprint density at radius 1 is 0.234 bits per heavy atom. The van der Waals surface area contributed by atoms with Crippen LogP contribution in [0.5, 0.6) is 0 Å². The second kappa shape index (κ2) is 45.6. The number of hydrogen-bond donors (Lipinski definition) is 0. The maximum Gasteiger partial charge on any atom is 0.0995 e. The third-order valence-corrected chi connectivity index (χ3v) is 10.6. The molecule has 0 aromatic rings. The predicted molar refractivity (Wildman–Crippen MR) is 218 cm³/mol. The smallest absolute Gasteiger partial charge is 0.0972 e. The molecule has 0 N–H and O–H groups in total. The van der Waals surface area contributed by atoms with Crippen LogP contribution in [0, 0.1) is 23.2 Å². The Labute approximate surface area is 301 Å². The van der Waals surface area contributed by atoms with Crippen molar-refractivity contribution in [1.29, 1.82) is 0 Å². The molecule has 0 saturated carbocycles. The van der Waals surface area contributed by atoms with Crippen LogP contribution in [0.25, 0.3) is 0 Å². The zero-order valence-electron chi connectivity index (χ0n) is 32.7. The van der Waals surface area contributed by atoms with Gasteiger partial charge in [0, 0.05) is 12.8 Å². The van der Waals surface area contributed by atoms with E-state index in [1.807, 2.05) is 0 Å². The van der Waals surface area contributed by atoms with Gasteiger partial charge in [0.2, 0.25) is 0 Å². The molecule has 275 valence electrons. The van der Waals surface area contributed by atoms with Crippen molar-refractivity contribution in [3.8, 4) is 23.2 Å². The average molecular weight is 670 g/mol. The van der Waals surface area contributed by atoms with Gasteiger partial charge in [-0.05, 0) is 12.8 Å². The van der Waals surface area contributed by atoms with E-state index < -0.39 is 0 Å². The SMILES string of the molecule is CCCCCCCCCCCCCCCCCCCCCC#C[P]C#CCCCCCCCCCCCCCCCCCCCCC. The molecule has 0 aliphatic carbocycles. The van der Waals surface area contributed by atoms with Crippen LogP contribution >= 0.6 is 8.58 Å².